The summed E-state index contributed by atoms with van der Waals surface area (Å²) in [6.45, 7) is 0. The summed E-state index contributed by atoms with van der Waals surface area (Å²) in [7, 11) is 3.87. The van der Waals surface area contributed by atoms with Gasteiger partial charge in [0.2, 0.25) is 0 Å². The summed E-state index contributed by atoms with van der Waals surface area (Å²) >= 11 is 2.22. The Bertz CT molecular complexity index is 821. The molecule has 0 unspecified atom stereocenters. The SMILES string of the molecule is [CH3-].[Cl][Pd+].c1ccc(P(CCCP(c2ccccc2)c2ccccc2)c2ccccc2)cc1. The Labute approximate surface area is 211 Å². The van der Waals surface area contributed by atoms with E-state index in [1.807, 2.05) is 0 Å². The molecule has 168 valence electrons. The Hall–Kier alpha value is -1.31. The van der Waals surface area contributed by atoms with Crippen LogP contribution >= 0.6 is 25.4 Å². The number of halogens is 1. The second-order valence-electron chi connectivity index (χ2n) is 7.00. The van der Waals surface area contributed by atoms with Crippen LogP contribution in [0.25, 0.3) is 0 Å². The Morgan fingerprint density at radius 3 is 0.875 bits per heavy atom. The summed E-state index contributed by atoms with van der Waals surface area (Å²) in [5, 5.41) is 5.94. The summed E-state index contributed by atoms with van der Waals surface area (Å²) in [5.41, 5.74) is 0. The van der Waals surface area contributed by atoms with Gasteiger partial charge in [0.05, 0.1) is 0 Å². The fourth-order valence-corrected chi connectivity index (χ4v) is 8.59. The minimum atomic E-state index is -0.309. The number of hydrogen-bond donors (Lipinski definition) is 0. The zero-order chi connectivity index (χ0) is 21.7. The fraction of sp³-hybridized carbons (Fsp3) is 0.107. The van der Waals surface area contributed by atoms with Crippen LogP contribution in [0.15, 0.2) is 121 Å². The molecule has 0 fully saturated rings. The Morgan fingerprint density at radius 1 is 0.438 bits per heavy atom. The van der Waals surface area contributed by atoms with Gasteiger partial charge >= 0.3 is 27.7 Å². The predicted molar refractivity (Wildman–Crippen MR) is 145 cm³/mol. The monoisotopic (exact) mass is 568 g/mol. The predicted octanol–water partition coefficient (Wildman–Crippen LogP) is 6.78. The topological polar surface area (TPSA) is 0 Å². The van der Waals surface area contributed by atoms with Crippen molar-refractivity contribution in [2.24, 2.45) is 0 Å². The first-order valence-electron chi connectivity index (χ1n) is 10.3. The molecule has 4 rings (SSSR count). The van der Waals surface area contributed by atoms with Crippen LogP contribution in [0.2, 0.25) is 0 Å². The normalized spacial score (nSPS) is 10.3. The smallest absolute Gasteiger partial charge is 0.0195 e. The minimum Gasteiger partial charge on any atom is -0.0622 e. The molecule has 0 amide bonds. The Balaban J connectivity index is 0.00000118. The molecule has 4 heteroatoms. The molecule has 0 aliphatic carbocycles. The van der Waals surface area contributed by atoms with E-state index >= 15 is 0 Å². The first-order chi connectivity index (χ1) is 15.4. The van der Waals surface area contributed by atoms with Crippen molar-refractivity contribution in [1.29, 1.82) is 0 Å². The molecule has 0 saturated heterocycles. The average molecular weight is 569 g/mol. The summed E-state index contributed by atoms with van der Waals surface area (Å²) in [4.78, 5) is 0. The molecule has 32 heavy (non-hydrogen) atoms. The molecule has 0 spiro atoms. The zero-order valence-corrected chi connectivity index (χ0v) is 22.4. The van der Waals surface area contributed by atoms with Crippen molar-refractivity contribution in [3.8, 4) is 0 Å². The van der Waals surface area contributed by atoms with Crippen LogP contribution in [-0.2, 0) is 18.2 Å². The van der Waals surface area contributed by atoms with Crippen molar-refractivity contribution in [3.05, 3.63) is 129 Å². The van der Waals surface area contributed by atoms with E-state index < -0.39 is 0 Å². The Kier molecular flexibility index (Phi) is 13.1. The van der Waals surface area contributed by atoms with Gasteiger partial charge in [0.25, 0.3) is 0 Å². The van der Waals surface area contributed by atoms with Crippen LogP contribution in [0.5, 0.6) is 0 Å². The van der Waals surface area contributed by atoms with E-state index in [4.69, 9.17) is 0 Å². The van der Waals surface area contributed by atoms with Crippen molar-refractivity contribution >= 4 is 46.6 Å². The van der Waals surface area contributed by atoms with E-state index in [1.165, 1.54) is 40.0 Å². The molecule has 0 saturated carbocycles. The van der Waals surface area contributed by atoms with Crippen molar-refractivity contribution < 1.29 is 18.2 Å². The molecule has 4 aromatic rings. The molecule has 0 bridgehead atoms. The molecule has 0 heterocycles. The number of hydrogen-bond acceptors (Lipinski definition) is 0. The standard InChI is InChI=1S/C27H26P2.CH3.ClH.Pd/c1-5-14-24(15-6-1)28(25-16-7-2-8-17-25)22-13-23-29(26-18-9-3-10-19-26)27-20-11-4-12-21-27;;;/h1-12,14-21H,13,22-23H2;1H3;1H;/q;-1;;+2/p-1. The second kappa shape index (κ2) is 15.5. The summed E-state index contributed by atoms with van der Waals surface area (Å²) in [5.74, 6) is 0. The summed E-state index contributed by atoms with van der Waals surface area (Å²) < 4.78 is 0. The molecular weight excluding hydrogens is 540 g/mol. The van der Waals surface area contributed by atoms with Crippen molar-refractivity contribution in [3.63, 3.8) is 0 Å². The molecule has 0 nitrogen and oxygen atoms in total. The molecule has 0 N–H and O–H groups in total. The maximum Gasteiger partial charge on any atom is -0.0195 e. The first-order valence-corrected chi connectivity index (χ1v) is 15.3. The molecule has 0 radical (unpaired) electrons. The zero-order valence-electron chi connectivity index (χ0n) is 18.3. The van der Waals surface area contributed by atoms with Gasteiger partial charge in [-0.25, -0.2) is 0 Å². The quantitative estimate of drug-likeness (QED) is 0.125. The van der Waals surface area contributed by atoms with Crippen LogP contribution in [0.3, 0.4) is 0 Å². The van der Waals surface area contributed by atoms with E-state index in [1.54, 1.807) is 0 Å². The third kappa shape index (κ3) is 7.92. The molecule has 0 aromatic heterocycles. The first kappa shape index (κ1) is 26.9. The molecule has 4 aromatic carbocycles. The van der Waals surface area contributed by atoms with Crippen LogP contribution in [-0.4, -0.2) is 12.3 Å². The van der Waals surface area contributed by atoms with Crippen molar-refractivity contribution in [2.45, 2.75) is 6.42 Å². The van der Waals surface area contributed by atoms with Crippen molar-refractivity contribution in [1.82, 2.24) is 0 Å². The van der Waals surface area contributed by atoms with Gasteiger partial charge in [-0.15, -0.1) is 0 Å². The van der Waals surface area contributed by atoms with E-state index in [9.17, 15) is 0 Å². The van der Waals surface area contributed by atoms with Crippen LogP contribution < -0.4 is 21.2 Å². The third-order valence-electron chi connectivity index (χ3n) is 5.03. The summed E-state index contributed by atoms with van der Waals surface area (Å²) in [6.07, 6.45) is 3.72. The largest absolute Gasteiger partial charge is 0.0622 e. The molecule has 0 aliphatic rings. The van der Waals surface area contributed by atoms with Crippen molar-refractivity contribution in [2.75, 3.05) is 12.3 Å². The molecular formula is C28H29ClP2Pd. The maximum absolute atomic E-state index is 4.49. The number of benzene rings is 4. The van der Waals surface area contributed by atoms with Gasteiger partial charge in [0.15, 0.2) is 0 Å². The van der Waals surface area contributed by atoms with Gasteiger partial charge in [-0.3, -0.25) is 0 Å². The summed E-state index contributed by atoms with van der Waals surface area (Å²) in [6, 6.07) is 44.3. The second-order valence-corrected chi connectivity index (χ2v) is 11.7. The third-order valence-corrected chi connectivity index (χ3v) is 10.2. The van der Waals surface area contributed by atoms with E-state index in [-0.39, 0.29) is 23.3 Å². The minimum absolute atomic E-state index is 0. The van der Waals surface area contributed by atoms with Crippen LogP contribution in [0, 0.1) is 7.43 Å². The van der Waals surface area contributed by atoms with E-state index in [0.717, 1.165) is 0 Å². The molecule has 0 atom stereocenters. The van der Waals surface area contributed by atoms with Gasteiger partial charge in [0, 0.05) is 0 Å². The van der Waals surface area contributed by atoms with Gasteiger partial charge < -0.3 is 7.43 Å². The molecule has 0 aliphatic heterocycles. The van der Waals surface area contributed by atoms with Gasteiger partial charge in [-0.05, 0) is 55.8 Å². The van der Waals surface area contributed by atoms with E-state index in [0.29, 0.717) is 0 Å². The van der Waals surface area contributed by atoms with E-state index in [2.05, 4.69) is 149 Å². The van der Waals surface area contributed by atoms with Gasteiger partial charge in [-0.1, -0.05) is 121 Å². The van der Waals surface area contributed by atoms with Gasteiger partial charge in [-0.2, -0.15) is 0 Å². The fourth-order valence-electron chi connectivity index (χ4n) is 3.63. The average Bonchev–Trinajstić information content (AvgIpc) is 2.87. The number of rotatable bonds is 8. The van der Waals surface area contributed by atoms with Crippen LogP contribution in [0.4, 0.5) is 0 Å². The maximum atomic E-state index is 4.49. The Morgan fingerprint density at radius 2 is 0.656 bits per heavy atom. The van der Waals surface area contributed by atoms with Gasteiger partial charge in [0.1, 0.15) is 0 Å². The van der Waals surface area contributed by atoms with Crippen LogP contribution in [0.1, 0.15) is 6.42 Å².